The number of hydrogen-bond donors (Lipinski definition) is 2. The van der Waals surface area contributed by atoms with E-state index in [1.54, 1.807) is 0 Å². The van der Waals surface area contributed by atoms with Crippen molar-refractivity contribution in [2.24, 2.45) is 17.1 Å². The summed E-state index contributed by atoms with van der Waals surface area (Å²) in [5.41, 5.74) is 5.54. The monoisotopic (exact) mass is 348 g/mol. The number of nitrogens with one attached hydrogen (secondary N) is 1. The Kier molecular flexibility index (Phi) is 5.14. The number of halogens is 1. The van der Waals surface area contributed by atoms with Crippen LogP contribution in [0.25, 0.3) is 0 Å². The molecule has 22 heavy (non-hydrogen) atoms. The molecule has 4 nitrogen and oxygen atoms in total. The summed E-state index contributed by atoms with van der Waals surface area (Å²) in [5.74, 6) is 1.39. The van der Waals surface area contributed by atoms with Gasteiger partial charge in [-0.15, -0.1) is 12.4 Å². The van der Waals surface area contributed by atoms with Gasteiger partial charge in [-0.25, -0.2) is 0 Å². The third-order valence-electron chi connectivity index (χ3n) is 5.98. The van der Waals surface area contributed by atoms with Gasteiger partial charge in [0, 0.05) is 29.2 Å². The Balaban J connectivity index is 0.00000176. The molecule has 6 heteroatoms. The lowest BCUT2D eigenvalue weighted by Crippen LogP contribution is -2.82. The first-order valence-corrected chi connectivity index (χ1v) is 9.13. The van der Waals surface area contributed by atoms with Crippen LogP contribution in [-0.4, -0.2) is 41.2 Å². The summed E-state index contributed by atoms with van der Waals surface area (Å²) in [7, 11) is 0. The molecule has 0 aromatic carbocycles. The van der Waals surface area contributed by atoms with Crippen LogP contribution in [0.4, 0.5) is 0 Å². The maximum absolute atomic E-state index is 12.8. The van der Waals surface area contributed by atoms with Gasteiger partial charge in [0.15, 0.2) is 0 Å². The van der Waals surface area contributed by atoms with Gasteiger partial charge in [-0.05, 0) is 38.4 Å². The van der Waals surface area contributed by atoms with Crippen LogP contribution in [0.3, 0.4) is 0 Å². The molecule has 0 spiro atoms. The standard InChI is InChI=1S/C16H28N2O2S.ClH/c1-14(2)12-11(6-4-8-20-12)16(14,17)13(19)18-10-15(3)7-5-9-21-15;/h11-12H,4-10,17H2,1-3H3,(H,18,19);1H. The fraction of sp³-hybridized carbons (Fsp3) is 0.938. The molecule has 0 aromatic rings. The first-order chi connectivity index (χ1) is 9.81. The van der Waals surface area contributed by atoms with Crippen LogP contribution in [0.2, 0.25) is 0 Å². The van der Waals surface area contributed by atoms with Crippen molar-refractivity contribution in [3.8, 4) is 0 Å². The highest BCUT2D eigenvalue weighted by Crippen LogP contribution is 2.57. The molecule has 2 saturated heterocycles. The highest BCUT2D eigenvalue weighted by atomic mass is 35.5. The van der Waals surface area contributed by atoms with Crippen molar-refractivity contribution in [3.63, 3.8) is 0 Å². The second kappa shape index (κ2) is 6.15. The topological polar surface area (TPSA) is 64.4 Å². The Labute approximate surface area is 144 Å². The summed E-state index contributed by atoms with van der Waals surface area (Å²) >= 11 is 1.97. The predicted molar refractivity (Wildman–Crippen MR) is 93.5 cm³/mol. The molecule has 0 radical (unpaired) electrons. The van der Waals surface area contributed by atoms with E-state index in [-0.39, 0.29) is 40.5 Å². The molecule has 3 N–H and O–H groups in total. The van der Waals surface area contributed by atoms with Gasteiger partial charge >= 0.3 is 0 Å². The number of fused-ring (bicyclic) bond motifs is 1. The molecule has 4 unspecified atom stereocenters. The molecule has 1 aliphatic carbocycles. The molecule has 0 bridgehead atoms. The van der Waals surface area contributed by atoms with Crippen LogP contribution in [0.5, 0.6) is 0 Å². The number of nitrogens with two attached hydrogens (primary N) is 1. The van der Waals surface area contributed by atoms with Crippen molar-refractivity contribution >= 4 is 30.1 Å². The van der Waals surface area contributed by atoms with E-state index in [1.807, 2.05) is 11.8 Å². The molecule has 0 aromatic heterocycles. The van der Waals surface area contributed by atoms with Gasteiger partial charge in [0.25, 0.3) is 0 Å². The van der Waals surface area contributed by atoms with Gasteiger partial charge < -0.3 is 15.8 Å². The van der Waals surface area contributed by atoms with Crippen molar-refractivity contribution in [2.75, 3.05) is 18.9 Å². The van der Waals surface area contributed by atoms with Gasteiger partial charge in [0.05, 0.1) is 6.10 Å². The number of ether oxygens (including phenoxy) is 1. The van der Waals surface area contributed by atoms with Gasteiger partial charge in [0.1, 0.15) is 5.54 Å². The minimum absolute atomic E-state index is 0. The number of carbonyl (C=O) groups is 1. The van der Waals surface area contributed by atoms with Gasteiger partial charge in [-0.2, -0.15) is 11.8 Å². The predicted octanol–water partition coefficient (Wildman–Crippen LogP) is 2.34. The molecule has 3 aliphatic rings. The maximum Gasteiger partial charge on any atom is 0.241 e. The molecule has 4 atom stereocenters. The van der Waals surface area contributed by atoms with E-state index in [4.69, 9.17) is 10.5 Å². The quantitative estimate of drug-likeness (QED) is 0.821. The normalized spacial score (nSPS) is 42.7. The Bertz CT molecular complexity index is 440. The molecular formula is C16H29ClN2O2S. The van der Waals surface area contributed by atoms with E-state index in [1.165, 1.54) is 18.6 Å². The highest BCUT2D eigenvalue weighted by molar-refractivity contribution is 8.00. The third-order valence-corrected chi connectivity index (χ3v) is 7.52. The minimum atomic E-state index is -0.780. The van der Waals surface area contributed by atoms with Gasteiger partial charge in [0.2, 0.25) is 5.91 Å². The number of rotatable bonds is 3. The van der Waals surface area contributed by atoms with Crippen molar-refractivity contribution in [3.05, 3.63) is 0 Å². The first kappa shape index (κ1) is 18.4. The number of amides is 1. The molecule has 1 amide bonds. The first-order valence-electron chi connectivity index (χ1n) is 8.14. The fourth-order valence-corrected chi connectivity index (χ4v) is 5.67. The van der Waals surface area contributed by atoms with Gasteiger partial charge in [-0.3, -0.25) is 4.79 Å². The van der Waals surface area contributed by atoms with E-state index >= 15 is 0 Å². The summed E-state index contributed by atoms with van der Waals surface area (Å²) in [6, 6.07) is 0. The maximum atomic E-state index is 12.8. The second-order valence-electron chi connectivity index (χ2n) is 7.72. The van der Waals surface area contributed by atoms with Crippen molar-refractivity contribution in [1.82, 2.24) is 5.32 Å². The van der Waals surface area contributed by atoms with Crippen molar-refractivity contribution in [1.29, 1.82) is 0 Å². The zero-order valence-corrected chi connectivity index (χ0v) is 15.4. The third kappa shape index (κ3) is 2.58. The summed E-state index contributed by atoms with van der Waals surface area (Å²) in [5, 5.41) is 3.16. The van der Waals surface area contributed by atoms with Crippen molar-refractivity contribution in [2.45, 2.75) is 62.8 Å². The molecule has 2 heterocycles. The Hall–Kier alpha value is 0.0300. The lowest BCUT2D eigenvalue weighted by Gasteiger charge is -2.65. The number of hydrogen-bond acceptors (Lipinski definition) is 4. The summed E-state index contributed by atoms with van der Waals surface area (Å²) in [6.45, 7) is 7.92. The molecule has 128 valence electrons. The van der Waals surface area contributed by atoms with E-state index < -0.39 is 5.54 Å². The number of thioether (sulfide) groups is 1. The summed E-state index contributed by atoms with van der Waals surface area (Å²) in [6.07, 6.45) is 4.57. The smallest absolute Gasteiger partial charge is 0.241 e. The Morgan fingerprint density at radius 3 is 2.73 bits per heavy atom. The fourth-order valence-electron chi connectivity index (χ4n) is 4.43. The minimum Gasteiger partial charge on any atom is -0.377 e. The average molecular weight is 349 g/mol. The van der Waals surface area contributed by atoms with Crippen LogP contribution in [0.15, 0.2) is 0 Å². The summed E-state index contributed by atoms with van der Waals surface area (Å²) < 4.78 is 6.05. The summed E-state index contributed by atoms with van der Waals surface area (Å²) in [4.78, 5) is 12.8. The van der Waals surface area contributed by atoms with Gasteiger partial charge in [-0.1, -0.05) is 13.8 Å². The lowest BCUT2D eigenvalue weighted by atomic mass is 9.46. The Morgan fingerprint density at radius 1 is 1.36 bits per heavy atom. The molecule has 3 fully saturated rings. The lowest BCUT2D eigenvalue weighted by molar-refractivity contribution is -0.225. The SMILES string of the molecule is CC1(CNC(=O)C2(N)C3CCCOC3C2(C)C)CCCS1.Cl. The Morgan fingerprint density at radius 2 is 2.09 bits per heavy atom. The van der Waals surface area contributed by atoms with Crippen LogP contribution in [-0.2, 0) is 9.53 Å². The number of carbonyl (C=O) groups excluding carboxylic acids is 1. The van der Waals surface area contributed by atoms with E-state index in [0.717, 1.165) is 26.0 Å². The molecule has 3 rings (SSSR count). The molecule has 2 aliphatic heterocycles. The zero-order chi connectivity index (χ0) is 15.3. The van der Waals surface area contributed by atoms with Crippen molar-refractivity contribution < 1.29 is 9.53 Å². The van der Waals surface area contributed by atoms with E-state index in [9.17, 15) is 4.79 Å². The average Bonchev–Trinajstić information content (AvgIpc) is 2.91. The van der Waals surface area contributed by atoms with Crippen LogP contribution < -0.4 is 11.1 Å². The van der Waals surface area contributed by atoms with E-state index in [0.29, 0.717) is 0 Å². The molecular weight excluding hydrogens is 320 g/mol. The zero-order valence-electron chi connectivity index (χ0n) is 13.8. The highest BCUT2D eigenvalue weighted by Gasteiger charge is 2.70. The second-order valence-corrected chi connectivity index (χ2v) is 9.40. The van der Waals surface area contributed by atoms with E-state index in [2.05, 4.69) is 26.1 Å². The van der Waals surface area contributed by atoms with Crippen LogP contribution >= 0.6 is 24.2 Å². The van der Waals surface area contributed by atoms with Crippen LogP contribution in [0, 0.1) is 11.3 Å². The molecule has 1 saturated carbocycles. The van der Waals surface area contributed by atoms with Crippen LogP contribution in [0.1, 0.15) is 46.5 Å². The largest absolute Gasteiger partial charge is 0.377 e.